The number of amides is 2. The molecule has 0 spiro atoms. The van der Waals surface area contributed by atoms with E-state index in [9.17, 15) is 14.0 Å². The summed E-state index contributed by atoms with van der Waals surface area (Å²) in [5.74, 6) is -0.473. The lowest BCUT2D eigenvalue weighted by molar-refractivity contribution is -0.135. The van der Waals surface area contributed by atoms with Gasteiger partial charge in [0.05, 0.1) is 5.92 Å². The van der Waals surface area contributed by atoms with Gasteiger partial charge in [0.2, 0.25) is 11.8 Å². The Labute approximate surface area is 150 Å². The van der Waals surface area contributed by atoms with Crippen LogP contribution in [0.1, 0.15) is 17.9 Å². The molecule has 4 rings (SSSR count). The van der Waals surface area contributed by atoms with E-state index in [4.69, 9.17) is 0 Å². The number of nitrogens with one attached hydrogen (secondary N) is 1. The maximum atomic E-state index is 13.7. The smallest absolute Gasteiger partial charge is 0.230 e. The zero-order valence-corrected chi connectivity index (χ0v) is 14.2. The van der Waals surface area contributed by atoms with Crippen molar-refractivity contribution >= 4 is 23.3 Å². The Bertz CT molecular complexity index is 835. The zero-order valence-electron chi connectivity index (χ0n) is 14.2. The van der Waals surface area contributed by atoms with Gasteiger partial charge >= 0.3 is 0 Å². The minimum Gasteiger partial charge on any atom is -0.353 e. The first-order valence-corrected chi connectivity index (χ1v) is 8.66. The van der Waals surface area contributed by atoms with Gasteiger partial charge in [-0.1, -0.05) is 6.07 Å². The number of fused-ring (bicyclic) bond motifs is 1. The van der Waals surface area contributed by atoms with Gasteiger partial charge in [0.1, 0.15) is 11.6 Å². The van der Waals surface area contributed by atoms with Crippen LogP contribution in [0.5, 0.6) is 0 Å². The molecule has 2 aliphatic heterocycles. The third kappa shape index (κ3) is 3.12. The fraction of sp³-hybridized carbons (Fsp3) is 0.316. The lowest BCUT2D eigenvalue weighted by Gasteiger charge is -2.37. The van der Waals surface area contributed by atoms with Crippen molar-refractivity contribution in [3.05, 3.63) is 54.0 Å². The standard InChI is InChI=1S/C19H19FN4O2/c20-13-4-5-16-14(11-13)15(12-18(25)22-16)19(26)24-9-7-23(8-10-24)17-3-1-2-6-21-17/h1-6,11,15H,7-10,12H2,(H,22,25)/t15-/m1/s1. The summed E-state index contributed by atoms with van der Waals surface area (Å²) in [5, 5.41) is 2.71. The van der Waals surface area contributed by atoms with Gasteiger partial charge in [0.15, 0.2) is 0 Å². The Morgan fingerprint density at radius 3 is 2.69 bits per heavy atom. The number of hydrogen-bond acceptors (Lipinski definition) is 4. The van der Waals surface area contributed by atoms with Gasteiger partial charge in [-0.3, -0.25) is 9.59 Å². The molecule has 0 aliphatic carbocycles. The van der Waals surface area contributed by atoms with Crippen LogP contribution in [0.15, 0.2) is 42.6 Å². The molecule has 1 fully saturated rings. The number of piperazine rings is 1. The first-order valence-electron chi connectivity index (χ1n) is 8.66. The molecule has 1 saturated heterocycles. The molecule has 1 N–H and O–H groups in total. The second-order valence-corrected chi connectivity index (χ2v) is 6.54. The summed E-state index contributed by atoms with van der Waals surface area (Å²) in [4.78, 5) is 33.2. The average Bonchev–Trinajstić information content (AvgIpc) is 2.68. The fourth-order valence-electron chi connectivity index (χ4n) is 3.57. The van der Waals surface area contributed by atoms with Gasteiger partial charge in [-0.15, -0.1) is 0 Å². The van der Waals surface area contributed by atoms with Crippen LogP contribution in [-0.2, 0) is 9.59 Å². The summed E-state index contributed by atoms with van der Waals surface area (Å²) in [6.45, 7) is 2.46. The van der Waals surface area contributed by atoms with Crippen molar-refractivity contribution in [1.82, 2.24) is 9.88 Å². The molecular formula is C19H19FN4O2. The van der Waals surface area contributed by atoms with Crippen molar-refractivity contribution in [2.45, 2.75) is 12.3 Å². The highest BCUT2D eigenvalue weighted by Crippen LogP contribution is 2.34. The van der Waals surface area contributed by atoms with Crippen LogP contribution in [0, 0.1) is 5.82 Å². The molecule has 0 radical (unpaired) electrons. The summed E-state index contributed by atoms with van der Waals surface area (Å²) in [7, 11) is 0. The van der Waals surface area contributed by atoms with E-state index in [1.807, 2.05) is 18.2 Å². The lowest BCUT2D eigenvalue weighted by Crippen LogP contribution is -2.51. The van der Waals surface area contributed by atoms with Crippen LogP contribution in [0.4, 0.5) is 15.9 Å². The Morgan fingerprint density at radius 2 is 1.96 bits per heavy atom. The first-order chi connectivity index (χ1) is 12.6. The Kier molecular flexibility index (Phi) is 4.28. The van der Waals surface area contributed by atoms with E-state index in [1.54, 1.807) is 11.1 Å². The maximum absolute atomic E-state index is 13.7. The molecule has 1 aromatic heterocycles. The molecule has 1 atom stereocenters. The third-order valence-electron chi connectivity index (χ3n) is 4.92. The van der Waals surface area contributed by atoms with E-state index in [1.165, 1.54) is 18.2 Å². The highest BCUT2D eigenvalue weighted by atomic mass is 19.1. The minimum absolute atomic E-state index is 0.0513. The Hall–Kier alpha value is -2.96. The second kappa shape index (κ2) is 6.74. The zero-order chi connectivity index (χ0) is 18.1. The molecule has 2 aromatic rings. The van der Waals surface area contributed by atoms with Crippen molar-refractivity contribution in [1.29, 1.82) is 0 Å². The van der Waals surface area contributed by atoms with Gasteiger partial charge in [-0.2, -0.15) is 0 Å². The average molecular weight is 354 g/mol. The van der Waals surface area contributed by atoms with Crippen LogP contribution < -0.4 is 10.2 Å². The topological polar surface area (TPSA) is 65.5 Å². The number of nitrogens with zero attached hydrogens (tertiary/aromatic N) is 3. The Morgan fingerprint density at radius 1 is 1.15 bits per heavy atom. The minimum atomic E-state index is -0.629. The predicted octanol–water partition coefficient (Wildman–Crippen LogP) is 2.00. The summed E-state index contributed by atoms with van der Waals surface area (Å²) < 4.78 is 13.7. The van der Waals surface area contributed by atoms with Crippen molar-refractivity contribution < 1.29 is 14.0 Å². The van der Waals surface area contributed by atoms with Crippen LogP contribution in [0.25, 0.3) is 0 Å². The van der Waals surface area contributed by atoms with Gasteiger partial charge in [0, 0.05) is 44.5 Å². The van der Waals surface area contributed by atoms with Gasteiger partial charge in [-0.25, -0.2) is 9.37 Å². The van der Waals surface area contributed by atoms with Crippen LogP contribution in [-0.4, -0.2) is 47.9 Å². The molecule has 3 heterocycles. The van der Waals surface area contributed by atoms with Crippen LogP contribution in [0.2, 0.25) is 0 Å². The number of carbonyl (C=O) groups is 2. The van der Waals surface area contributed by atoms with Crippen molar-refractivity contribution in [3.63, 3.8) is 0 Å². The maximum Gasteiger partial charge on any atom is 0.230 e. The van der Waals surface area contributed by atoms with E-state index < -0.39 is 11.7 Å². The number of anilines is 2. The summed E-state index contributed by atoms with van der Waals surface area (Å²) >= 11 is 0. The molecule has 26 heavy (non-hydrogen) atoms. The number of halogens is 1. The molecule has 1 aromatic carbocycles. The quantitative estimate of drug-likeness (QED) is 0.896. The SMILES string of the molecule is O=C1C[C@@H](C(=O)N2CCN(c3ccccn3)CC2)c2cc(F)ccc2N1. The van der Waals surface area contributed by atoms with Crippen molar-refractivity contribution in [2.24, 2.45) is 0 Å². The van der Waals surface area contributed by atoms with E-state index >= 15 is 0 Å². The molecule has 134 valence electrons. The number of aromatic nitrogens is 1. The van der Waals surface area contributed by atoms with Gasteiger partial charge in [-0.05, 0) is 35.9 Å². The fourth-order valence-corrected chi connectivity index (χ4v) is 3.57. The van der Waals surface area contributed by atoms with Gasteiger partial charge in [0.25, 0.3) is 0 Å². The van der Waals surface area contributed by atoms with E-state index in [0.717, 1.165) is 5.82 Å². The van der Waals surface area contributed by atoms with Crippen molar-refractivity contribution in [2.75, 3.05) is 36.4 Å². The monoisotopic (exact) mass is 354 g/mol. The lowest BCUT2D eigenvalue weighted by atomic mass is 9.89. The predicted molar refractivity (Wildman–Crippen MR) is 95.4 cm³/mol. The molecule has 0 unspecified atom stereocenters. The summed E-state index contributed by atoms with van der Waals surface area (Å²) in [6, 6.07) is 9.90. The highest BCUT2D eigenvalue weighted by Gasteiger charge is 2.35. The summed E-state index contributed by atoms with van der Waals surface area (Å²) in [6.07, 6.45) is 1.80. The second-order valence-electron chi connectivity index (χ2n) is 6.54. The number of benzene rings is 1. The van der Waals surface area contributed by atoms with E-state index in [-0.39, 0.29) is 18.2 Å². The molecule has 0 saturated carbocycles. The largest absolute Gasteiger partial charge is 0.353 e. The number of hydrogen-bond donors (Lipinski definition) is 1. The normalized spacial score (nSPS) is 19.7. The molecule has 0 bridgehead atoms. The summed E-state index contributed by atoms with van der Waals surface area (Å²) in [5.41, 5.74) is 1.08. The number of carbonyl (C=O) groups excluding carboxylic acids is 2. The molecule has 2 amide bonds. The molecule has 2 aliphatic rings. The number of pyridine rings is 1. The molecule has 7 heteroatoms. The first kappa shape index (κ1) is 16.5. The van der Waals surface area contributed by atoms with E-state index in [0.29, 0.717) is 37.4 Å². The van der Waals surface area contributed by atoms with Crippen LogP contribution >= 0.6 is 0 Å². The van der Waals surface area contributed by atoms with E-state index in [2.05, 4.69) is 15.2 Å². The van der Waals surface area contributed by atoms with Crippen LogP contribution in [0.3, 0.4) is 0 Å². The van der Waals surface area contributed by atoms with Crippen molar-refractivity contribution in [3.8, 4) is 0 Å². The van der Waals surface area contributed by atoms with Gasteiger partial charge < -0.3 is 15.1 Å². The Balaban J connectivity index is 1.49. The highest BCUT2D eigenvalue weighted by molar-refractivity contribution is 6.01. The third-order valence-corrected chi connectivity index (χ3v) is 4.92. The molecular weight excluding hydrogens is 335 g/mol. The number of rotatable bonds is 2. The molecule has 6 nitrogen and oxygen atoms in total.